The monoisotopic (exact) mass is 313 g/mol. The standard InChI is InChI=1S/C17H19N3OS/c21-16(18-13-8-9-20(10-13)14-6-7-14)15-11-22-17(19-15)12-4-2-1-3-5-12/h1-5,11,13-14H,6-10H2,(H,18,21)/t13-/m0/s1. The number of hydrogen-bond acceptors (Lipinski definition) is 4. The number of nitrogens with one attached hydrogen (secondary N) is 1. The van der Waals surface area contributed by atoms with Crippen LogP contribution in [0.25, 0.3) is 10.6 Å². The number of nitrogens with zero attached hydrogens (tertiary/aromatic N) is 2. The predicted molar refractivity (Wildman–Crippen MR) is 88.0 cm³/mol. The highest BCUT2D eigenvalue weighted by atomic mass is 32.1. The Morgan fingerprint density at radius 3 is 2.82 bits per heavy atom. The molecule has 5 heteroatoms. The second-order valence-electron chi connectivity index (χ2n) is 6.09. The number of thiazole rings is 1. The Labute approximate surface area is 134 Å². The molecule has 0 bridgehead atoms. The molecule has 0 unspecified atom stereocenters. The molecule has 1 aliphatic carbocycles. The summed E-state index contributed by atoms with van der Waals surface area (Å²) in [5, 5.41) is 5.89. The Bertz CT molecular complexity index is 666. The number of rotatable bonds is 4. The van der Waals surface area contributed by atoms with Crippen molar-refractivity contribution >= 4 is 17.2 Å². The van der Waals surface area contributed by atoms with Crippen LogP contribution in [0.4, 0.5) is 0 Å². The Morgan fingerprint density at radius 1 is 1.23 bits per heavy atom. The lowest BCUT2D eigenvalue weighted by molar-refractivity contribution is 0.0933. The summed E-state index contributed by atoms with van der Waals surface area (Å²) in [6.07, 6.45) is 3.71. The van der Waals surface area contributed by atoms with Crippen LogP contribution in [-0.4, -0.2) is 41.0 Å². The highest BCUT2D eigenvalue weighted by molar-refractivity contribution is 7.13. The Balaban J connectivity index is 1.40. The number of aromatic nitrogens is 1. The summed E-state index contributed by atoms with van der Waals surface area (Å²) in [6, 6.07) is 11.1. The minimum Gasteiger partial charge on any atom is -0.347 e. The maximum Gasteiger partial charge on any atom is 0.271 e. The fourth-order valence-electron chi connectivity index (χ4n) is 3.03. The summed E-state index contributed by atoms with van der Waals surface area (Å²) in [5.74, 6) is -0.0407. The van der Waals surface area contributed by atoms with Gasteiger partial charge in [-0.2, -0.15) is 0 Å². The van der Waals surface area contributed by atoms with Crippen LogP contribution < -0.4 is 5.32 Å². The molecule has 1 amide bonds. The molecule has 1 saturated heterocycles. The zero-order valence-electron chi connectivity index (χ0n) is 12.4. The minimum atomic E-state index is -0.0407. The summed E-state index contributed by atoms with van der Waals surface area (Å²) in [5.41, 5.74) is 1.60. The van der Waals surface area contributed by atoms with Crippen LogP contribution in [-0.2, 0) is 0 Å². The Kier molecular flexibility index (Phi) is 3.68. The predicted octanol–water partition coefficient (Wildman–Crippen LogP) is 2.78. The van der Waals surface area contributed by atoms with E-state index in [4.69, 9.17) is 0 Å². The van der Waals surface area contributed by atoms with E-state index >= 15 is 0 Å². The number of carbonyl (C=O) groups excluding carboxylic acids is 1. The molecular formula is C17H19N3OS. The van der Waals surface area contributed by atoms with E-state index < -0.39 is 0 Å². The van der Waals surface area contributed by atoms with Crippen molar-refractivity contribution in [3.05, 3.63) is 41.4 Å². The second-order valence-corrected chi connectivity index (χ2v) is 6.95. The quantitative estimate of drug-likeness (QED) is 0.944. The highest BCUT2D eigenvalue weighted by Crippen LogP contribution is 2.30. The van der Waals surface area contributed by atoms with Crippen molar-refractivity contribution in [3.8, 4) is 10.6 Å². The number of hydrogen-bond donors (Lipinski definition) is 1. The smallest absolute Gasteiger partial charge is 0.271 e. The van der Waals surface area contributed by atoms with Gasteiger partial charge in [-0.3, -0.25) is 9.69 Å². The van der Waals surface area contributed by atoms with Gasteiger partial charge in [0.1, 0.15) is 10.7 Å². The fraction of sp³-hybridized carbons (Fsp3) is 0.412. The van der Waals surface area contributed by atoms with E-state index in [2.05, 4.69) is 15.2 Å². The summed E-state index contributed by atoms with van der Waals surface area (Å²) >= 11 is 1.52. The van der Waals surface area contributed by atoms with Gasteiger partial charge in [-0.15, -0.1) is 11.3 Å². The van der Waals surface area contributed by atoms with Crippen LogP contribution in [0, 0.1) is 0 Å². The lowest BCUT2D eigenvalue weighted by Crippen LogP contribution is -2.37. The molecule has 1 N–H and O–H groups in total. The fourth-order valence-corrected chi connectivity index (χ4v) is 3.83. The third kappa shape index (κ3) is 2.91. The van der Waals surface area contributed by atoms with Gasteiger partial charge in [0.25, 0.3) is 5.91 Å². The van der Waals surface area contributed by atoms with Gasteiger partial charge < -0.3 is 5.32 Å². The van der Waals surface area contributed by atoms with Crippen LogP contribution in [0.2, 0.25) is 0 Å². The summed E-state index contributed by atoms with van der Waals surface area (Å²) in [6.45, 7) is 2.11. The van der Waals surface area contributed by atoms with Crippen LogP contribution in [0.5, 0.6) is 0 Å². The molecule has 1 atom stereocenters. The van der Waals surface area contributed by atoms with Crippen LogP contribution in [0.15, 0.2) is 35.7 Å². The molecule has 2 fully saturated rings. The normalized spacial score (nSPS) is 21.9. The molecule has 1 saturated carbocycles. The van der Waals surface area contributed by atoms with Crippen molar-refractivity contribution in [2.75, 3.05) is 13.1 Å². The molecule has 2 aliphatic rings. The molecule has 2 heterocycles. The van der Waals surface area contributed by atoms with Gasteiger partial charge in [0, 0.05) is 36.1 Å². The molecular weight excluding hydrogens is 294 g/mol. The van der Waals surface area contributed by atoms with E-state index in [1.54, 1.807) is 0 Å². The van der Waals surface area contributed by atoms with E-state index in [0.717, 1.165) is 36.1 Å². The van der Waals surface area contributed by atoms with E-state index in [9.17, 15) is 4.79 Å². The maximum atomic E-state index is 12.4. The molecule has 1 aromatic carbocycles. The van der Waals surface area contributed by atoms with Crippen molar-refractivity contribution in [2.24, 2.45) is 0 Å². The number of amides is 1. The highest BCUT2D eigenvalue weighted by Gasteiger charge is 2.34. The van der Waals surface area contributed by atoms with E-state index in [1.165, 1.54) is 24.2 Å². The molecule has 1 aliphatic heterocycles. The Morgan fingerprint density at radius 2 is 2.05 bits per heavy atom. The Hall–Kier alpha value is -1.72. The van der Waals surface area contributed by atoms with Gasteiger partial charge in [0.05, 0.1) is 0 Å². The SMILES string of the molecule is O=C(N[C@H]1CCN(C2CC2)C1)c1csc(-c2ccccc2)n1. The number of carbonyl (C=O) groups is 1. The van der Waals surface area contributed by atoms with Gasteiger partial charge >= 0.3 is 0 Å². The van der Waals surface area contributed by atoms with Crippen molar-refractivity contribution in [1.82, 2.24) is 15.2 Å². The van der Waals surface area contributed by atoms with Crippen molar-refractivity contribution in [2.45, 2.75) is 31.3 Å². The topological polar surface area (TPSA) is 45.2 Å². The van der Waals surface area contributed by atoms with Gasteiger partial charge in [0.15, 0.2) is 0 Å². The zero-order valence-corrected chi connectivity index (χ0v) is 13.2. The van der Waals surface area contributed by atoms with Crippen LogP contribution >= 0.6 is 11.3 Å². The first-order valence-electron chi connectivity index (χ1n) is 7.85. The first-order valence-corrected chi connectivity index (χ1v) is 8.73. The van der Waals surface area contributed by atoms with Crippen molar-refractivity contribution in [1.29, 1.82) is 0 Å². The molecule has 22 heavy (non-hydrogen) atoms. The van der Waals surface area contributed by atoms with Crippen LogP contribution in [0.1, 0.15) is 29.8 Å². The van der Waals surface area contributed by atoms with E-state index in [1.807, 2.05) is 35.7 Å². The van der Waals surface area contributed by atoms with Crippen molar-refractivity contribution in [3.63, 3.8) is 0 Å². The molecule has 1 aromatic heterocycles. The summed E-state index contributed by atoms with van der Waals surface area (Å²) in [4.78, 5) is 19.3. The first-order chi connectivity index (χ1) is 10.8. The molecule has 2 aromatic rings. The van der Waals surface area contributed by atoms with E-state index in [0.29, 0.717) is 5.69 Å². The van der Waals surface area contributed by atoms with E-state index in [-0.39, 0.29) is 11.9 Å². The maximum absolute atomic E-state index is 12.4. The molecule has 114 valence electrons. The van der Waals surface area contributed by atoms with Gasteiger partial charge in [-0.1, -0.05) is 30.3 Å². The number of benzene rings is 1. The number of likely N-dealkylation sites (tertiary alicyclic amines) is 1. The summed E-state index contributed by atoms with van der Waals surface area (Å²) in [7, 11) is 0. The minimum absolute atomic E-state index is 0.0407. The molecule has 0 radical (unpaired) electrons. The third-order valence-electron chi connectivity index (χ3n) is 4.38. The largest absolute Gasteiger partial charge is 0.347 e. The van der Waals surface area contributed by atoms with Crippen LogP contribution in [0.3, 0.4) is 0 Å². The van der Waals surface area contributed by atoms with Gasteiger partial charge in [-0.25, -0.2) is 4.98 Å². The van der Waals surface area contributed by atoms with Crippen molar-refractivity contribution < 1.29 is 4.79 Å². The van der Waals surface area contributed by atoms with Gasteiger partial charge in [0.2, 0.25) is 0 Å². The molecule has 0 spiro atoms. The van der Waals surface area contributed by atoms with Gasteiger partial charge in [-0.05, 0) is 19.3 Å². The lowest BCUT2D eigenvalue weighted by atomic mass is 10.2. The molecule has 4 nitrogen and oxygen atoms in total. The summed E-state index contributed by atoms with van der Waals surface area (Å²) < 4.78 is 0. The zero-order chi connectivity index (χ0) is 14.9. The first kappa shape index (κ1) is 13.9. The second kappa shape index (κ2) is 5.82. The molecule has 4 rings (SSSR count). The third-order valence-corrected chi connectivity index (χ3v) is 5.27. The average Bonchev–Trinajstić information content (AvgIpc) is 3.10. The average molecular weight is 313 g/mol. The lowest BCUT2D eigenvalue weighted by Gasteiger charge is -2.15.